The molecular formula is C17H23BN2. The van der Waals surface area contributed by atoms with Crippen molar-refractivity contribution in [2.45, 2.75) is 26.7 Å². The van der Waals surface area contributed by atoms with Crippen molar-refractivity contribution in [2.75, 3.05) is 7.05 Å². The number of fused-ring (bicyclic) bond motifs is 1. The van der Waals surface area contributed by atoms with Gasteiger partial charge < -0.3 is 10.1 Å². The van der Waals surface area contributed by atoms with Crippen LogP contribution in [0.1, 0.15) is 13.8 Å². The van der Waals surface area contributed by atoms with Crippen molar-refractivity contribution in [3.63, 3.8) is 0 Å². The van der Waals surface area contributed by atoms with E-state index in [0.29, 0.717) is 12.9 Å². The third-order valence-electron chi connectivity index (χ3n) is 3.66. The standard InChI is InChI=1S/C17H23BN2/c1-14(12-19-4)9-10-15(2)20-13-17-8-6-5-7-16(17)11-18(20)3/h5-13,15,19H,1-4H3/b10-9-,14-12-. The molecule has 0 aromatic heterocycles. The van der Waals surface area contributed by atoms with Crippen LogP contribution in [0.3, 0.4) is 0 Å². The topological polar surface area (TPSA) is 15.3 Å². The molecule has 0 aliphatic carbocycles. The van der Waals surface area contributed by atoms with Crippen LogP contribution in [0.15, 0.2) is 48.2 Å². The molecule has 0 saturated heterocycles. The number of benzene rings is 1. The largest absolute Gasteiger partial charge is 0.411 e. The molecule has 1 aromatic carbocycles. The molecule has 0 saturated carbocycles. The molecule has 20 heavy (non-hydrogen) atoms. The summed E-state index contributed by atoms with van der Waals surface area (Å²) in [5.41, 5.74) is 1.23. The maximum atomic E-state index is 3.05. The van der Waals surface area contributed by atoms with Gasteiger partial charge in [-0.3, -0.25) is 0 Å². The van der Waals surface area contributed by atoms with Gasteiger partial charge in [0.15, 0.2) is 0 Å². The first kappa shape index (κ1) is 14.5. The first-order valence-corrected chi connectivity index (χ1v) is 7.20. The summed E-state index contributed by atoms with van der Waals surface area (Å²) in [5, 5.41) is 5.68. The van der Waals surface area contributed by atoms with Gasteiger partial charge in [0.05, 0.1) is 0 Å². The highest BCUT2D eigenvalue weighted by molar-refractivity contribution is 6.70. The number of rotatable bonds is 4. The van der Waals surface area contributed by atoms with Crippen LogP contribution < -0.4 is 15.8 Å². The summed E-state index contributed by atoms with van der Waals surface area (Å²) in [6.45, 7) is 6.99. The van der Waals surface area contributed by atoms with Gasteiger partial charge in [-0.1, -0.05) is 49.2 Å². The quantitative estimate of drug-likeness (QED) is 0.659. The van der Waals surface area contributed by atoms with Crippen LogP contribution in [-0.4, -0.2) is 24.7 Å². The molecule has 1 heterocycles. The van der Waals surface area contributed by atoms with Gasteiger partial charge in [-0.15, -0.1) is 0 Å². The van der Waals surface area contributed by atoms with E-state index in [1.165, 1.54) is 16.0 Å². The van der Waals surface area contributed by atoms with E-state index in [1.54, 1.807) is 0 Å². The molecule has 104 valence electrons. The van der Waals surface area contributed by atoms with E-state index in [1.807, 2.05) is 13.2 Å². The minimum Gasteiger partial charge on any atom is -0.411 e. The number of hydrogen-bond acceptors (Lipinski definition) is 2. The molecule has 0 fully saturated rings. The fourth-order valence-corrected chi connectivity index (χ4v) is 2.56. The molecule has 2 rings (SSSR count). The van der Waals surface area contributed by atoms with Gasteiger partial charge in [-0.2, -0.15) is 0 Å². The zero-order valence-corrected chi connectivity index (χ0v) is 12.8. The Morgan fingerprint density at radius 1 is 1.30 bits per heavy atom. The normalized spacial score (nSPS) is 16.5. The van der Waals surface area contributed by atoms with Gasteiger partial charge in [-0.05, 0) is 42.3 Å². The van der Waals surface area contributed by atoms with E-state index in [9.17, 15) is 0 Å². The van der Waals surface area contributed by atoms with Crippen molar-refractivity contribution < 1.29 is 0 Å². The third-order valence-corrected chi connectivity index (χ3v) is 3.66. The van der Waals surface area contributed by atoms with Crippen molar-refractivity contribution >= 4 is 19.0 Å². The van der Waals surface area contributed by atoms with Crippen molar-refractivity contribution in [1.82, 2.24) is 10.1 Å². The first-order valence-electron chi connectivity index (χ1n) is 7.20. The predicted molar refractivity (Wildman–Crippen MR) is 89.5 cm³/mol. The lowest BCUT2D eigenvalue weighted by molar-refractivity contribution is 0.557. The van der Waals surface area contributed by atoms with Gasteiger partial charge in [-0.25, -0.2) is 0 Å². The van der Waals surface area contributed by atoms with E-state index in [4.69, 9.17) is 0 Å². The summed E-state index contributed by atoms with van der Waals surface area (Å²) in [7, 11) is 1.92. The fraction of sp³-hybridized carbons (Fsp3) is 0.294. The highest BCUT2D eigenvalue weighted by atomic mass is 15.1. The molecule has 0 amide bonds. The highest BCUT2D eigenvalue weighted by Gasteiger charge is 2.18. The molecule has 3 heteroatoms. The molecule has 0 spiro atoms. The van der Waals surface area contributed by atoms with Gasteiger partial charge in [0.1, 0.15) is 0 Å². The average molecular weight is 266 g/mol. The van der Waals surface area contributed by atoms with Gasteiger partial charge in [0.25, 0.3) is 6.85 Å². The fourth-order valence-electron chi connectivity index (χ4n) is 2.56. The van der Waals surface area contributed by atoms with Crippen molar-refractivity contribution in [2.24, 2.45) is 0 Å². The maximum absolute atomic E-state index is 3.05. The van der Waals surface area contributed by atoms with E-state index in [0.717, 1.165) is 0 Å². The van der Waals surface area contributed by atoms with Crippen LogP contribution in [0.25, 0.3) is 12.2 Å². The van der Waals surface area contributed by atoms with Crippen molar-refractivity contribution in [1.29, 1.82) is 0 Å². The molecule has 1 atom stereocenters. The Hall–Kier alpha value is -1.90. The van der Waals surface area contributed by atoms with Crippen LogP contribution in [0.4, 0.5) is 0 Å². The Kier molecular flexibility index (Phi) is 4.72. The molecule has 1 N–H and O–H groups in total. The van der Waals surface area contributed by atoms with Gasteiger partial charge in [0, 0.05) is 13.1 Å². The Morgan fingerprint density at radius 2 is 2.00 bits per heavy atom. The van der Waals surface area contributed by atoms with Gasteiger partial charge in [0.2, 0.25) is 0 Å². The van der Waals surface area contributed by atoms with E-state index in [2.05, 4.69) is 79.4 Å². The summed E-state index contributed by atoms with van der Waals surface area (Å²) in [6.07, 6.45) is 8.69. The Morgan fingerprint density at radius 3 is 2.70 bits per heavy atom. The summed E-state index contributed by atoms with van der Waals surface area (Å²) in [6, 6.07) is 8.92. The zero-order chi connectivity index (χ0) is 14.5. The van der Waals surface area contributed by atoms with Crippen LogP contribution in [0.2, 0.25) is 6.82 Å². The second-order valence-electron chi connectivity index (χ2n) is 5.39. The molecule has 0 bridgehead atoms. The number of allylic oxidation sites excluding steroid dienone is 2. The summed E-state index contributed by atoms with van der Waals surface area (Å²) in [5.74, 6) is 2.33. The molecule has 1 aliphatic heterocycles. The van der Waals surface area contributed by atoms with E-state index >= 15 is 0 Å². The lowest BCUT2D eigenvalue weighted by Gasteiger charge is -2.31. The minimum atomic E-state index is 0.370. The second-order valence-corrected chi connectivity index (χ2v) is 5.39. The van der Waals surface area contributed by atoms with E-state index < -0.39 is 0 Å². The third kappa shape index (κ3) is 3.35. The lowest BCUT2D eigenvalue weighted by Crippen LogP contribution is -2.46. The smallest absolute Gasteiger partial charge is 0.278 e. The van der Waals surface area contributed by atoms with Crippen molar-refractivity contribution in [3.8, 4) is 0 Å². The van der Waals surface area contributed by atoms with Crippen LogP contribution in [0, 0.1) is 0 Å². The van der Waals surface area contributed by atoms with Crippen molar-refractivity contribution in [3.05, 3.63) is 58.6 Å². The Labute approximate surface area is 122 Å². The van der Waals surface area contributed by atoms with E-state index in [-0.39, 0.29) is 0 Å². The number of hydrogen-bond donors (Lipinski definition) is 1. The highest BCUT2D eigenvalue weighted by Crippen LogP contribution is 2.09. The van der Waals surface area contributed by atoms with Crippen LogP contribution in [-0.2, 0) is 0 Å². The monoisotopic (exact) mass is 266 g/mol. The minimum absolute atomic E-state index is 0.370. The summed E-state index contributed by atoms with van der Waals surface area (Å²) < 4.78 is 0. The predicted octanol–water partition coefficient (Wildman–Crippen LogP) is 1.75. The lowest BCUT2D eigenvalue weighted by atomic mass is 9.60. The number of nitrogens with one attached hydrogen (secondary N) is 1. The molecule has 1 unspecified atom stereocenters. The molecular weight excluding hydrogens is 243 g/mol. The number of nitrogens with zero attached hydrogens (tertiary/aromatic N) is 1. The SMILES string of the molecule is CN/C=C(C)\C=C/C(C)N1C=c2ccccc2=CB1C. The first-order chi connectivity index (χ1) is 9.61. The Bertz CT molecular complexity index is 631. The Balaban J connectivity index is 2.22. The average Bonchev–Trinajstić information content (AvgIpc) is 2.44. The molecule has 1 aliphatic rings. The van der Waals surface area contributed by atoms with Gasteiger partial charge >= 0.3 is 0 Å². The maximum Gasteiger partial charge on any atom is 0.278 e. The molecule has 2 nitrogen and oxygen atoms in total. The molecule has 0 radical (unpaired) electrons. The van der Waals surface area contributed by atoms with Crippen LogP contribution in [0.5, 0.6) is 0 Å². The summed E-state index contributed by atoms with van der Waals surface area (Å²) >= 11 is 0. The molecule has 1 aromatic rings. The summed E-state index contributed by atoms with van der Waals surface area (Å²) in [4.78, 5) is 2.39. The van der Waals surface area contributed by atoms with Crippen LogP contribution >= 0.6 is 0 Å². The second kappa shape index (κ2) is 6.51. The zero-order valence-electron chi connectivity index (χ0n) is 12.8.